The number of hydrogen-bond donors (Lipinski definition) is 1. The molecule has 4 aromatic rings. The van der Waals surface area contributed by atoms with Gasteiger partial charge >= 0.3 is 0 Å². The van der Waals surface area contributed by atoms with E-state index in [1.54, 1.807) is 30.1 Å². The molecule has 4 heterocycles. The minimum Gasteiger partial charge on any atom is -0.365 e. The van der Waals surface area contributed by atoms with Crippen LogP contribution in [0.5, 0.6) is 0 Å². The third-order valence-electron chi connectivity index (χ3n) is 3.76. The molecule has 23 heavy (non-hydrogen) atoms. The molecule has 0 aliphatic heterocycles. The van der Waals surface area contributed by atoms with Crippen molar-refractivity contribution in [1.29, 1.82) is 0 Å². The molecule has 0 radical (unpaired) electrons. The number of fused-ring (bicyclic) bond motifs is 3. The summed E-state index contributed by atoms with van der Waals surface area (Å²) in [5.41, 5.74) is 4.37. The van der Waals surface area contributed by atoms with Gasteiger partial charge in [0.25, 0.3) is 0 Å². The van der Waals surface area contributed by atoms with Gasteiger partial charge in [-0.2, -0.15) is 0 Å². The largest absolute Gasteiger partial charge is 0.365 e. The van der Waals surface area contributed by atoms with Crippen LogP contribution in [0.4, 0.5) is 5.82 Å². The van der Waals surface area contributed by atoms with E-state index in [2.05, 4.69) is 38.2 Å². The first kappa shape index (κ1) is 14.0. The van der Waals surface area contributed by atoms with E-state index in [4.69, 9.17) is 0 Å². The fraction of sp³-hybridized carbons (Fsp3) is 0.176. The van der Waals surface area contributed by atoms with Gasteiger partial charge in [0.15, 0.2) is 0 Å². The van der Waals surface area contributed by atoms with Crippen LogP contribution in [0.15, 0.2) is 36.9 Å². The van der Waals surface area contributed by atoms with Crippen LogP contribution in [0.1, 0.15) is 16.8 Å². The van der Waals surface area contributed by atoms with Crippen molar-refractivity contribution in [2.75, 3.05) is 5.32 Å². The van der Waals surface area contributed by atoms with Gasteiger partial charge in [-0.25, -0.2) is 15.0 Å². The molecule has 0 spiro atoms. The summed E-state index contributed by atoms with van der Waals surface area (Å²) in [6.45, 7) is 4.83. The fourth-order valence-electron chi connectivity index (χ4n) is 2.72. The fourth-order valence-corrected chi connectivity index (χ4v) is 3.94. The number of aryl methyl sites for hydroxylation is 2. The van der Waals surface area contributed by atoms with E-state index in [9.17, 15) is 0 Å². The molecule has 0 saturated heterocycles. The van der Waals surface area contributed by atoms with E-state index in [-0.39, 0.29) is 0 Å². The van der Waals surface area contributed by atoms with Crippen molar-refractivity contribution in [1.82, 2.24) is 19.9 Å². The van der Waals surface area contributed by atoms with E-state index >= 15 is 0 Å². The maximum absolute atomic E-state index is 4.65. The number of nitrogens with one attached hydrogen (secondary N) is 1. The highest BCUT2D eigenvalue weighted by atomic mass is 32.1. The van der Waals surface area contributed by atoms with Gasteiger partial charge in [-0.3, -0.25) is 4.98 Å². The lowest BCUT2D eigenvalue weighted by Gasteiger charge is -2.05. The Morgan fingerprint density at radius 3 is 2.78 bits per heavy atom. The average Bonchev–Trinajstić information content (AvgIpc) is 2.92. The molecule has 0 amide bonds. The van der Waals surface area contributed by atoms with Crippen LogP contribution in [-0.4, -0.2) is 19.9 Å². The van der Waals surface area contributed by atoms with Gasteiger partial charge in [0.1, 0.15) is 17.0 Å². The lowest BCUT2D eigenvalue weighted by Crippen LogP contribution is -2.01. The van der Waals surface area contributed by atoms with Crippen LogP contribution in [0.3, 0.4) is 0 Å². The zero-order chi connectivity index (χ0) is 15.8. The maximum Gasteiger partial charge on any atom is 0.147 e. The zero-order valence-electron chi connectivity index (χ0n) is 12.9. The highest BCUT2D eigenvalue weighted by Gasteiger charge is 2.14. The summed E-state index contributed by atoms with van der Waals surface area (Å²) in [6.07, 6.45) is 5.20. The zero-order valence-corrected chi connectivity index (χ0v) is 13.7. The summed E-state index contributed by atoms with van der Waals surface area (Å²) in [7, 11) is 0. The van der Waals surface area contributed by atoms with Crippen LogP contribution >= 0.6 is 11.3 Å². The second-order valence-electron chi connectivity index (χ2n) is 5.47. The summed E-state index contributed by atoms with van der Waals surface area (Å²) in [4.78, 5) is 18.6. The van der Waals surface area contributed by atoms with Crippen LogP contribution in [0, 0.1) is 13.8 Å². The van der Waals surface area contributed by atoms with Gasteiger partial charge in [-0.1, -0.05) is 0 Å². The molecule has 0 aliphatic rings. The van der Waals surface area contributed by atoms with Gasteiger partial charge in [-0.15, -0.1) is 11.3 Å². The molecule has 0 aromatic carbocycles. The molecule has 0 saturated carbocycles. The van der Waals surface area contributed by atoms with Gasteiger partial charge in [0.2, 0.25) is 0 Å². The molecular weight excluding hydrogens is 306 g/mol. The molecule has 1 N–H and O–H groups in total. The quantitative estimate of drug-likeness (QED) is 0.620. The molecule has 114 valence electrons. The van der Waals surface area contributed by atoms with E-state index in [0.29, 0.717) is 6.54 Å². The van der Waals surface area contributed by atoms with Crippen LogP contribution in [0.2, 0.25) is 0 Å². The van der Waals surface area contributed by atoms with Crippen molar-refractivity contribution in [2.24, 2.45) is 0 Å². The molecule has 0 fully saturated rings. The molecule has 5 nitrogen and oxygen atoms in total. The van der Waals surface area contributed by atoms with Crippen LogP contribution in [0.25, 0.3) is 20.4 Å². The predicted molar refractivity (Wildman–Crippen MR) is 93.8 cm³/mol. The number of thiophene rings is 1. The topological polar surface area (TPSA) is 63.6 Å². The van der Waals surface area contributed by atoms with E-state index in [1.807, 2.05) is 19.1 Å². The van der Waals surface area contributed by atoms with Gasteiger partial charge < -0.3 is 5.32 Å². The second-order valence-corrected chi connectivity index (χ2v) is 6.47. The van der Waals surface area contributed by atoms with Crippen molar-refractivity contribution in [3.63, 3.8) is 0 Å². The Morgan fingerprint density at radius 2 is 1.96 bits per heavy atom. The Kier molecular flexibility index (Phi) is 3.38. The predicted octanol–water partition coefficient (Wildman–Crippen LogP) is 3.86. The number of anilines is 1. The minimum atomic E-state index is 0.703. The second kappa shape index (κ2) is 5.55. The van der Waals surface area contributed by atoms with Crippen molar-refractivity contribution in [3.05, 3.63) is 53.7 Å². The lowest BCUT2D eigenvalue weighted by atomic mass is 10.1. The summed E-state index contributed by atoms with van der Waals surface area (Å²) >= 11 is 1.64. The smallest absolute Gasteiger partial charge is 0.147 e. The normalized spacial score (nSPS) is 11.2. The first-order valence-electron chi connectivity index (χ1n) is 7.36. The number of hydrogen-bond acceptors (Lipinski definition) is 6. The van der Waals surface area contributed by atoms with Crippen molar-refractivity contribution in [3.8, 4) is 0 Å². The SMILES string of the molecule is Cc1cc(C)c2c(n1)sc1c(NCc3ccncc3)ncnc12. The van der Waals surface area contributed by atoms with Crippen molar-refractivity contribution in [2.45, 2.75) is 20.4 Å². The highest BCUT2D eigenvalue weighted by molar-refractivity contribution is 7.26. The molecule has 4 aromatic heterocycles. The van der Waals surface area contributed by atoms with E-state index in [1.165, 1.54) is 5.56 Å². The Balaban J connectivity index is 1.80. The Bertz CT molecular complexity index is 994. The standard InChI is InChI=1S/C17H15N5S/c1-10-7-11(2)22-17-13(10)14-15(23-17)16(21-9-20-14)19-8-12-3-5-18-6-4-12/h3-7,9H,8H2,1-2H3,(H,19,20,21). The van der Waals surface area contributed by atoms with Gasteiger partial charge in [0.05, 0.1) is 10.2 Å². The third-order valence-corrected chi connectivity index (χ3v) is 4.84. The minimum absolute atomic E-state index is 0.703. The summed E-state index contributed by atoms with van der Waals surface area (Å²) in [5, 5.41) is 4.53. The number of aromatic nitrogens is 4. The Hall–Kier alpha value is -2.60. The Morgan fingerprint density at radius 1 is 1.13 bits per heavy atom. The molecule has 6 heteroatoms. The van der Waals surface area contributed by atoms with E-state index in [0.717, 1.165) is 37.5 Å². The molecule has 0 unspecified atom stereocenters. The van der Waals surface area contributed by atoms with Crippen LogP contribution in [-0.2, 0) is 6.54 Å². The number of nitrogens with zero attached hydrogens (tertiary/aromatic N) is 4. The van der Waals surface area contributed by atoms with Gasteiger partial charge in [-0.05, 0) is 43.2 Å². The summed E-state index contributed by atoms with van der Waals surface area (Å²) < 4.78 is 1.05. The highest BCUT2D eigenvalue weighted by Crippen LogP contribution is 2.36. The average molecular weight is 321 g/mol. The lowest BCUT2D eigenvalue weighted by molar-refractivity contribution is 1.09. The van der Waals surface area contributed by atoms with Crippen molar-refractivity contribution < 1.29 is 0 Å². The number of pyridine rings is 2. The molecule has 0 bridgehead atoms. The Labute approximate surface area is 137 Å². The monoisotopic (exact) mass is 321 g/mol. The molecular formula is C17H15N5S. The first-order valence-corrected chi connectivity index (χ1v) is 8.18. The van der Waals surface area contributed by atoms with Crippen molar-refractivity contribution >= 4 is 37.6 Å². The van der Waals surface area contributed by atoms with Gasteiger partial charge in [0, 0.05) is 30.0 Å². The maximum atomic E-state index is 4.65. The molecule has 0 aliphatic carbocycles. The molecule has 4 rings (SSSR count). The van der Waals surface area contributed by atoms with Crippen LogP contribution < -0.4 is 5.32 Å². The third kappa shape index (κ3) is 2.51. The first-order chi connectivity index (χ1) is 11.2. The number of rotatable bonds is 3. The summed E-state index contributed by atoms with van der Waals surface area (Å²) in [5.74, 6) is 0.854. The summed E-state index contributed by atoms with van der Waals surface area (Å²) in [6, 6.07) is 6.08. The van der Waals surface area contributed by atoms with E-state index < -0.39 is 0 Å². The molecule has 0 atom stereocenters.